The van der Waals surface area contributed by atoms with E-state index in [2.05, 4.69) is 78.4 Å². The van der Waals surface area contributed by atoms with E-state index in [4.69, 9.17) is 17.2 Å². The molecular weight excluding hydrogens is 1340 g/mol. The molecule has 3 aliphatic heterocycles. The van der Waals surface area contributed by atoms with Crippen LogP contribution in [0.25, 0.3) is 0 Å². The van der Waals surface area contributed by atoms with Gasteiger partial charge in [0, 0.05) is 79.0 Å². The highest BCUT2D eigenvalue weighted by Crippen LogP contribution is 2.26. The fourth-order valence-corrected chi connectivity index (χ4v) is 14.6. The Hall–Kier alpha value is -8.50. The van der Waals surface area contributed by atoms with Crippen LogP contribution >= 0.6 is 43.2 Å². The summed E-state index contributed by atoms with van der Waals surface area (Å²) in [6.07, 6.45) is 4.85. The molecule has 13 amide bonds. The minimum absolute atomic E-state index is 0.0144. The SMILES string of the molecule is C[C@@H]1NC(=O)[C@@H]2CCCN2C(=O)[C@@H](Cc2cnc[nH]2)NC(=O)[C@@H]2CSSC[C@@H](C(N)=O)NC(=O)[C@H](CO)NC(=O)[C@H](Cc3ccccc3)NC(=O)[C@H](Cc3cnc[nH]3)NC(=O)[C@H](CCCCN)NC(=O)CNC(=O)[C@H](CSSC[C@H](NC(=O)[C@@H](N)CCC(=O)O)C(=O)N2)NC1=O. The molecule has 0 saturated carbocycles. The molecule has 3 fully saturated rings. The first kappa shape index (κ1) is 76.5. The number of benzene rings is 1. The molecule has 0 spiro atoms. The molecule has 21 N–H and O–H groups in total. The normalized spacial score (nSPS) is 26.1. The van der Waals surface area contributed by atoms with Crippen molar-refractivity contribution >= 4 is 126 Å². The van der Waals surface area contributed by atoms with Crippen LogP contribution in [-0.2, 0) is 86.4 Å². The van der Waals surface area contributed by atoms with Gasteiger partial charge in [0.1, 0.15) is 66.5 Å². The standard InChI is InChI=1S/C57H81N19O16S4/c1-29-47(82)73-40-24-94-96-25-41(74-48(83)33(59)12-13-45(79)80)55(90)75-42(54(89)70-37(18-32-20-62-28-65-32)57(92)76-15-7-11-43(76)56(91)66-29)26-95-93-23-39(46(60)81)72-53(88)38(22-77)71-51(86)35(16-30-8-3-2-4-9-30)68-52(87)36(17-31-19-61-27-64-31)69-50(85)34(10-5-6-14-58)67-44(78)21-63-49(40)84/h2-4,8-9,19-20,27-29,33-43,77H,5-7,10-18,21-26,58-59H2,1H3,(H2,60,81)(H,61,64)(H,62,65)(H,63,84)(H,66,91)(H,67,78)(H,68,87)(H,69,85)(H,70,89)(H,71,86)(H,72,88)(H,73,82)(H,74,83)(H,75,90)(H,79,80)/t29-,33-,34-,35-,36-,37+,38-,39-,40-,41-,42-,43-/m0/s1. The highest BCUT2D eigenvalue weighted by molar-refractivity contribution is 8.77. The van der Waals surface area contributed by atoms with Gasteiger partial charge in [-0.05, 0) is 57.6 Å². The Morgan fingerprint density at radius 1 is 0.646 bits per heavy atom. The van der Waals surface area contributed by atoms with Crippen LogP contribution in [0.3, 0.4) is 0 Å². The molecule has 12 atom stereocenters. The number of aliphatic carboxylic acids is 1. The number of H-pyrrole nitrogens is 2. The first-order chi connectivity index (χ1) is 45.9. The first-order valence-electron chi connectivity index (χ1n) is 30.6. The zero-order chi connectivity index (χ0) is 69.8. The average molecular weight is 1420 g/mol. The summed E-state index contributed by atoms with van der Waals surface area (Å²) in [6.45, 7) is -0.331. The van der Waals surface area contributed by atoms with Crippen LogP contribution in [0.4, 0.5) is 0 Å². The van der Waals surface area contributed by atoms with Crippen molar-refractivity contribution in [3.05, 3.63) is 72.3 Å². The van der Waals surface area contributed by atoms with Crippen molar-refractivity contribution in [1.82, 2.24) is 83.3 Å². The summed E-state index contributed by atoms with van der Waals surface area (Å²) in [5.41, 5.74) is 18.9. The van der Waals surface area contributed by atoms with Crippen LogP contribution in [0.2, 0.25) is 0 Å². The van der Waals surface area contributed by atoms with E-state index < -0.39 is 175 Å². The number of rotatable bonds is 17. The predicted molar refractivity (Wildman–Crippen MR) is 351 cm³/mol. The zero-order valence-electron chi connectivity index (χ0n) is 52.2. The molecule has 5 heterocycles. The van der Waals surface area contributed by atoms with Gasteiger partial charge in [0.05, 0.1) is 31.8 Å². The number of carbonyl (C=O) groups is 14. The fourth-order valence-electron chi connectivity index (χ4n) is 9.90. The number of nitrogens with two attached hydrogens (primary N) is 3. The Labute approximate surface area is 566 Å². The van der Waals surface area contributed by atoms with Crippen LogP contribution in [0.1, 0.15) is 68.8 Å². The summed E-state index contributed by atoms with van der Waals surface area (Å²) in [6, 6.07) is -9.69. The maximum atomic E-state index is 14.8. The van der Waals surface area contributed by atoms with E-state index in [-0.39, 0.29) is 81.0 Å². The van der Waals surface area contributed by atoms with Gasteiger partial charge in [-0.2, -0.15) is 0 Å². The van der Waals surface area contributed by atoms with Crippen LogP contribution in [-0.4, -0.2) is 240 Å². The topological polar surface area (TPSA) is 550 Å². The lowest BCUT2D eigenvalue weighted by Gasteiger charge is -2.30. The quantitative estimate of drug-likeness (QED) is 0.0442. The molecule has 35 nitrogen and oxygen atoms in total. The molecule has 2 aromatic heterocycles. The molecule has 39 heteroatoms. The van der Waals surface area contributed by atoms with E-state index in [0.717, 1.165) is 43.2 Å². The number of hydrogen-bond acceptors (Lipinski definition) is 23. The number of carboxylic acids is 1. The third-order valence-corrected chi connectivity index (χ3v) is 20.1. The number of amides is 13. The number of unbranched alkanes of at least 4 members (excludes halogenated alkanes) is 1. The van der Waals surface area contributed by atoms with Gasteiger partial charge in [-0.15, -0.1) is 0 Å². The van der Waals surface area contributed by atoms with Gasteiger partial charge in [0.2, 0.25) is 76.8 Å². The molecule has 2 bridgehead atoms. The van der Waals surface area contributed by atoms with E-state index in [0.29, 0.717) is 29.8 Å². The zero-order valence-corrected chi connectivity index (χ0v) is 55.4. The van der Waals surface area contributed by atoms with E-state index in [9.17, 15) is 77.3 Å². The molecular formula is C57H81N19O16S4. The van der Waals surface area contributed by atoms with E-state index in [1.54, 1.807) is 30.3 Å². The highest BCUT2D eigenvalue weighted by Gasteiger charge is 2.41. The van der Waals surface area contributed by atoms with Crippen molar-refractivity contribution in [3.8, 4) is 0 Å². The van der Waals surface area contributed by atoms with Gasteiger partial charge in [0.15, 0.2) is 0 Å². The summed E-state index contributed by atoms with van der Waals surface area (Å²) in [5.74, 6) is -15.1. The van der Waals surface area contributed by atoms with Crippen molar-refractivity contribution in [2.45, 2.75) is 144 Å². The Bertz CT molecular complexity index is 3200. The second kappa shape index (κ2) is 38.9. The van der Waals surface area contributed by atoms with Crippen LogP contribution < -0.4 is 75.7 Å². The summed E-state index contributed by atoms with van der Waals surface area (Å²) in [7, 11) is 3.48. The minimum Gasteiger partial charge on any atom is -0.481 e. The van der Waals surface area contributed by atoms with E-state index >= 15 is 0 Å². The van der Waals surface area contributed by atoms with Crippen LogP contribution in [0.15, 0.2) is 55.4 Å². The maximum absolute atomic E-state index is 14.8. The van der Waals surface area contributed by atoms with Crippen molar-refractivity contribution in [3.63, 3.8) is 0 Å². The minimum atomic E-state index is -1.79. The molecule has 1 aromatic carbocycles. The lowest BCUT2D eigenvalue weighted by molar-refractivity contribution is -0.142. The summed E-state index contributed by atoms with van der Waals surface area (Å²) < 4.78 is 0. The molecule has 6 rings (SSSR count). The number of aliphatic hydroxyl groups excluding tert-OH is 1. The molecule has 3 aliphatic rings. The number of fused-ring (bicyclic) bond motifs is 9. The average Bonchev–Trinajstić information content (AvgIpc) is 1.60. The van der Waals surface area contributed by atoms with Gasteiger partial charge in [0.25, 0.3) is 0 Å². The number of imidazole rings is 2. The number of nitrogens with zero attached hydrogens (tertiary/aromatic N) is 3. The fraction of sp³-hybridized carbons (Fsp3) is 0.544. The predicted octanol–water partition coefficient (Wildman–Crippen LogP) is -6.28. The molecule has 524 valence electrons. The molecule has 96 heavy (non-hydrogen) atoms. The van der Waals surface area contributed by atoms with E-state index in [1.807, 2.05) is 0 Å². The van der Waals surface area contributed by atoms with E-state index in [1.165, 1.54) is 36.9 Å². The number of aromatic nitrogens is 4. The van der Waals surface area contributed by atoms with Crippen molar-refractivity contribution < 1.29 is 77.3 Å². The summed E-state index contributed by atoms with van der Waals surface area (Å²) >= 11 is 0. The Kier molecular flexibility index (Phi) is 31.0. The van der Waals surface area contributed by atoms with Crippen molar-refractivity contribution in [1.29, 1.82) is 0 Å². The molecule has 0 radical (unpaired) electrons. The Morgan fingerprint density at radius 3 is 1.83 bits per heavy atom. The molecule has 0 aliphatic carbocycles. The van der Waals surface area contributed by atoms with Crippen LogP contribution in [0.5, 0.6) is 0 Å². The van der Waals surface area contributed by atoms with Gasteiger partial charge < -0.3 is 101 Å². The maximum Gasteiger partial charge on any atom is 0.303 e. The number of carbonyl (C=O) groups excluding carboxylic acids is 13. The Balaban J connectivity index is 1.42. The number of hydrogen-bond donors (Lipinski definition) is 18. The third-order valence-electron chi connectivity index (χ3n) is 15.2. The van der Waals surface area contributed by atoms with Gasteiger partial charge in [-0.1, -0.05) is 73.5 Å². The number of aliphatic hydroxyl groups is 1. The smallest absolute Gasteiger partial charge is 0.303 e. The lowest BCUT2D eigenvalue weighted by Crippen LogP contribution is -2.61. The summed E-state index contributed by atoms with van der Waals surface area (Å²) in [4.78, 5) is 211. The molecule has 3 saturated heterocycles. The van der Waals surface area contributed by atoms with Gasteiger partial charge in [-0.25, -0.2) is 9.97 Å². The number of nitrogens with one attached hydrogen (secondary N) is 13. The monoisotopic (exact) mass is 1420 g/mol. The van der Waals surface area contributed by atoms with Crippen molar-refractivity contribution in [2.75, 3.05) is 49.3 Å². The largest absolute Gasteiger partial charge is 0.481 e. The van der Waals surface area contributed by atoms with Crippen LogP contribution in [0, 0.1) is 0 Å². The Morgan fingerprint density at radius 2 is 1.22 bits per heavy atom. The summed E-state index contributed by atoms with van der Waals surface area (Å²) in [5, 5.41) is 48.0. The van der Waals surface area contributed by atoms with Gasteiger partial charge in [-0.3, -0.25) is 67.1 Å². The lowest BCUT2D eigenvalue weighted by atomic mass is 10.0. The number of aromatic amines is 2. The second-order valence-corrected chi connectivity index (χ2v) is 27.6. The van der Waals surface area contributed by atoms with Gasteiger partial charge >= 0.3 is 5.97 Å². The number of primary amides is 1. The second-order valence-electron chi connectivity index (χ2n) is 22.5. The first-order valence-corrected chi connectivity index (χ1v) is 35.6. The molecule has 0 unspecified atom stereocenters. The van der Waals surface area contributed by atoms with Crippen molar-refractivity contribution in [2.24, 2.45) is 17.2 Å². The third kappa shape index (κ3) is 24.3. The molecule has 3 aromatic rings. The highest BCUT2D eigenvalue weighted by atomic mass is 33.1. The number of carboxylic acid groups (broad SMARTS) is 1.